The Morgan fingerprint density at radius 1 is 1.50 bits per heavy atom. The Labute approximate surface area is 107 Å². The number of carboxylic acid groups (broad SMARTS) is 1. The standard InChI is InChI=1S/C13H19N3O2/c1-2-13(6-3-4-7-13)9-14-11-10(12(17)18)5-8-15-16-11/h5,8H,2-4,6-7,9H2,1H3,(H,14,16)(H,17,18). The van der Waals surface area contributed by atoms with E-state index in [4.69, 9.17) is 5.11 Å². The lowest BCUT2D eigenvalue weighted by atomic mass is 9.83. The molecule has 0 amide bonds. The molecule has 0 atom stereocenters. The maximum Gasteiger partial charge on any atom is 0.339 e. The second kappa shape index (κ2) is 5.33. The van der Waals surface area contributed by atoms with E-state index < -0.39 is 5.97 Å². The zero-order valence-electron chi connectivity index (χ0n) is 10.6. The summed E-state index contributed by atoms with van der Waals surface area (Å²) in [5.41, 5.74) is 0.488. The molecule has 1 aliphatic rings. The van der Waals surface area contributed by atoms with Crippen LogP contribution in [0.25, 0.3) is 0 Å². The van der Waals surface area contributed by atoms with Gasteiger partial charge >= 0.3 is 5.97 Å². The van der Waals surface area contributed by atoms with Gasteiger partial charge in [0.05, 0.1) is 6.20 Å². The second-order valence-corrected chi connectivity index (χ2v) is 5.01. The zero-order valence-corrected chi connectivity index (χ0v) is 10.6. The van der Waals surface area contributed by atoms with Crippen molar-refractivity contribution in [3.05, 3.63) is 17.8 Å². The lowest BCUT2D eigenvalue weighted by Gasteiger charge is -2.28. The van der Waals surface area contributed by atoms with Crippen LogP contribution in [0.3, 0.4) is 0 Å². The number of carboxylic acids is 1. The third-order valence-electron chi connectivity index (χ3n) is 4.00. The SMILES string of the molecule is CCC1(CNc2nnccc2C(=O)O)CCCC1. The summed E-state index contributed by atoms with van der Waals surface area (Å²) >= 11 is 0. The van der Waals surface area contributed by atoms with E-state index in [-0.39, 0.29) is 5.56 Å². The highest BCUT2D eigenvalue weighted by atomic mass is 16.4. The highest BCUT2D eigenvalue weighted by Crippen LogP contribution is 2.40. The van der Waals surface area contributed by atoms with Gasteiger partial charge in [0.25, 0.3) is 0 Å². The summed E-state index contributed by atoms with van der Waals surface area (Å²) in [6.45, 7) is 2.98. The van der Waals surface area contributed by atoms with Gasteiger partial charge in [0, 0.05) is 6.54 Å². The lowest BCUT2D eigenvalue weighted by Crippen LogP contribution is -2.27. The fourth-order valence-corrected chi connectivity index (χ4v) is 2.69. The molecule has 1 saturated carbocycles. The molecule has 98 valence electrons. The van der Waals surface area contributed by atoms with Crippen molar-refractivity contribution in [1.82, 2.24) is 10.2 Å². The van der Waals surface area contributed by atoms with Gasteiger partial charge < -0.3 is 10.4 Å². The first-order valence-corrected chi connectivity index (χ1v) is 6.46. The Balaban J connectivity index is 2.08. The average molecular weight is 249 g/mol. The molecule has 1 heterocycles. The number of aromatic carboxylic acids is 1. The summed E-state index contributed by atoms with van der Waals surface area (Å²) in [4.78, 5) is 11.1. The number of rotatable bonds is 5. The summed E-state index contributed by atoms with van der Waals surface area (Å²) < 4.78 is 0. The molecule has 0 bridgehead atoms. The van der Waals surface area contributed by atoms with E-state index in [1.165, 1.54) is 37.9 Å². The molecule has 1 fully saturated rings. The van der Waals surface area contributed by atoms with E-state index in [2.05, 4.69) is 22.4 Å². The molecule has 1 aliphatic carbocycles. The molecule has 0 aromatic carbocycles. The van der Waals surface area contributed by atoms with Crippen LogP contribution in [-0.2, 0) is 0 Å². The van der Waals surface area contributed by atoms with Gasteiger partial charge in [0.1, 0.15) is 5.56 Å². The van der Waals surface area contributed by atoms with Gasteiger partial charge in [-0.25, -0.2) is 4.79 Å². The van der Waals surface area contributed by atoms with Gasteiger partial charge in [-0.2, -0.15) is 5.10 Å². The van der Waals surface area contributed by atoms with E-state index in [9.17, 15) is 4.79 Å². The third kappa shape index (κ3) is 2.60. The molecule has 0 unspecified atom stereocenters. The molecule has 1 aromatic rings. The van der Waals surface area contributed by atoms with Crippen molar-refractivity contribution in [1.29, 1.82) is 0 Å². The van der Waals surface area contributed by atoms with Crippen LogP contribution in [0.5, 0.6) is 0 Å². The van der Waals surface area contributed by atoms with Crippen LogP contribution in [0.15, 0.2) is 12.3 Å². The number of nitrogens with zero attached hydrogens (tertiary/aromatic N) is 2. The van der Waals surface area contributed by atoms with Gasteiger partial charge in [0.2, 0.25) is 0 Å². The van der Waals surface area contributed by atoms with Crippen LogP contribution < -0.4 is 5.32 Å². The highest BCUT2D eigenvalue weighted by molar-refractivity contribution is 5.92. The number of hydrogen-bond donors (Lipinski definition) is 2. The van der Waals surface area contributed by atoms with Crippen molar-refractivity contribution >= 4 is 11.8 Å². The Bertz CT molecular complexity index is 428. The van der Waals surface area contributed by atoms with Crippen molar-refractivity contribution in [3.8, 4) is 0 Å². The van der Waals surface area contributed by atoms with Crippen molar-refractivity contribution in [2.24, 2.45) is 5.41 Å². The first-order chi connectivity index (χ1) is 8.67. The number of aromatic nitrogens is 2. The number of hydrogen-bond acceptors (Lipinski definition) is 4. The molecular weight excluding hydrogens is 230 g/mol. The van der Waals surface area contributed by atoms with Gasteiger partial charge in [-0.3, -0.25) is 0 Å². The van der Waals surface area contributed by atoms with Crippen LogP contribution in [0.2, 0.25) is 0 Å². The van der Waals surface area contributed by atoms with Crippen LogP contribution in [0.4, 0.5) is 5.82 Å². The van der Waals surface area contributed by atoms with Crippen molar-refractivity contribution in [3.63, 3.8) is 0 Å². The normalized spacial score (nSPS) is 17.6. The first-order valence-electron chi connectivity index (χ1n) is 6.46. The molecule has 2 N–H and O–H groups in total. The number of carbonyl (C=O) groups is 1. The van der Waals surface area contributed by atoms with E-state index in [1.54, 1.807) is 0 Å². The predicted molar refractivity (Wildman–Crippen MR) is 68.7 cm³/mol. The molecule has 5 heteroatoms. The molecule has 0 spiro atoms. The highest BCUT2D eigenvalue weighted by Gasteiger charge is 2.32. The van der Waals surface area contributed by atoms with Gasteiger partial charge in [-0.05, 0) is 30.7 Å². The fourth-order valence-electron chi connectivity index (χ4n) is 2.69. The molecular formula is C13H19N3O2. The summed E-state index contributed by atoms with van der Waals surface area (Å²) in [5, 5.41) is 19.9. The third-order valence-corrected chi connectivity index (χ3v) is 4.00. The Morgan fingerprint density at radius 3 is 2.83 bits per heavy atom. The first kappa shape index (κ1) is 12.8. The molecule has 18 heavy (non-hydrogen) atoms. The smallest absolute Gasteiger partial charge is 0.339 e. The average Bonchev–Trinajstić information content (AvgIpc) is 2.86. The van der Waals surface area contributed by atoms with E-state index in [0.29, 0.717) is 11.2 Å². The summed E-state index contributed by atoms with van der Waals surface area (Å²) in [7, 11) is 0. The van der Waals surface area contributed by atoms with Crippen LogP contribution in [-0.4, -0.2) is 27.8 Å². The summed E-state index contributed by atoms with van der Waals surface area (Å²) in [6.07, 6.45) is 7.46. The van der Waals surface area contributed by atoms with E-state index in [0.717, 1.165) is 13.0 Å². The van der Waals surface area contributed by atoms with E-state index >= 15 is 0 Å². The monoisotopic (exact) mass is 249 g/mol. The zero-order chi connectivity index (χ0) is 13.0. The fraction of sp³-hybridized carbons (Fsp3) is 0.615. The summed E-state index contributed by atoms with van der Waals surface area (Å²) in [5.74, 6) is -0.589. The molecule has 2 rings (SSSR count). The number of anilines is 1. The number of nitrogens with one attached hydrogen (secondary N) is 1. The van der Waals surface area contributed by atoms with Gasteiger partial charge in [0.15, 0.2) is 5.82 Å². The largest absolute Gasteiger partial charge is 0.478 e. The minimum atomic E-state index is -0.968. The quantitative estimate of drug-likeness (QED) is 0.838. The minimum absolute atomic E-state index is 0.189. The van der Waals surface area contributed by atoms with Crippen LogP contribution >= 0.6 is 0 Å². The second-order valence-electron chi connectivity index (χ2n) is 5.01. The van der Waals surface area contributed by atoms with Crippen molar-refractivity contribution in [2.75, 3.05) is 11.9 Å². The van der Waals surface area contributed by atoms with Gasteiger partial charge in [-0.1, -0.05) is 19.8 Å². The van der Waals surface area contributed by atoms with Crippen molar-refractivity contribution < 1.29 is 9.90 Å². The van der Waals surface area contributed by atoms with Gasteiger partial charge in [-0.15, -0.1) is 5.10 Å². The molecule has 1 aromatic heterocycles. The molecule has 5 nitrogen and oxygen atoms in total. The van der Waals surface area contributed by atoms with Crippen LogP contribution in [0, 0.1) is 5.41 Å². The Hall–Kier alpha value is -1.65. The minimum Gasteiger partial charge on any atom is -0.478 e. The Kier molecular flexibility index (Phi) is 3.79. The molecule has 0 radical (unpaired) electrons. The molecule has 0 saturated heterocycles. The maximum atomic E-state index is 11.1. The van der Waals surface area contributed by atoms with E-state index in [1.807, 2.05) is 0 Å². The van der Waals surface area contributed by atoms with Crippen LogP contribution in [0.1, 0.15) is 49.4 Å². The maximum absolute atomic E-state index is 11.1. The lowest BCUT2D eigenvalue weighted by molar-refractivity contribution is 0.0697. The predicted octanol–water partition coefficient (Wildman–Crippen LogP) is 2.56. The topological polar surface area (TPSA) is 75.1 Å². The van der Waals surface area contributed by atoms with Crippen molar-refractivity contribution in [2.45, 2.75) is 39.0 Å². The molecule has 0 aliphatic heterocycles. The Morgan fingerprint density at radius 2 is 2.22 bits per heavy atom. The summed E-state index contributed by atoms with van der Waals surface area (Å²) in [6, 6.07) is 1.48.